The summed E-state index contributed by atoms with van der Waals surface area (Å²) < 4.78 is 23.4. The minimum absolute atomic E-state index is 0.0341. The number of esters is 1. The number of carbonyl (C=O) groups excluding carboxylic acids is 1. The van der Waals surface area contributed by atoms with Crippen molar-refractivity contribution in [2.24, 2.45) is 0 Å². The van der Waals surface area contributed by atoms with Gasteiger partial charge >= 0.3 is 14.8 Å². The van der Waals surface area contributed by atoms with Gasteiger partial charge in [0.25, 0.3) is 0 Å². The minimum Gasteiger partial charge on any atom is -0.466 e. The Morgan fingerprint density at radius 3 is 1.73 bits per heavy atom. The highest BCUT2D eigenvalue weighted by Crippen LogP contribution is 2.23. The maximum atomic E-state index is 11.4. The van der Waals surface area contributed by atoms with Crippen LogP contribution in [0.25, 0.3) is 0 Å². The highest BCUT2D eigenvalue weighted by atomic mass is 28.4. The molecular formula is C16H34O5Si. The average molecular weight is 335 g/mol. The number of hydrogen-bond acceptors (Lipinski definition) is 5. The van der Waals surface area contributed by atoms with Crippen LogP contribution < -0.4 is 0 Å². The predicted molar refractivity (Wildman–Crippen MR) is 89.7 cm³/mol. The van der Waals surface area contributed by atoms with Crippen LogP contribution in [-0.2, 0) is 22.8 Å². The number of carbonyl (C=O) groups is 1. The van der Waals surface area contributed by atoms with E-state index in [4.69, 9.17) is 18.0 Å². The molecule has 0 amide bonds. The molecule has 0 fully saturated rings. The van der Waals surface area contributed by atoms with Crippen molar-refractivity contribution in [1.29, 1.82) is 0 Å². The smallest absolute Gasteiger partial charge is 0.466 e. The molecule has 0 spiro atoms. The first-order chi connectivity index (χ1) is 10.2. The Morgan fingerprint density at radius 1 is 0.909 bits per heavy atom. The van der Waals surface area contributed by atoms with E-state index < -0.39 is 8.80 Å². The van der Waals surface area contributed by atoms with E-state index in [1.165, 1.54) is 0 Å². The molecule has 0 aliphatic carbocycles. The SMILES string of the molecule is CCCC(=O)OCCC[Si](OC(C)C)(OC(C)C)OC(C)C. The first kappa shape index (κ1) is 21.6. The van der Waals surface area contributed by atoms with E-state index in [0.29, 0.717) is 25.5 Å². The summed E-state index contributed by atoms with van der Waals surface area (Å²) in [5, 5.41) is 0. The molecule has 0 unspecified atom stereocenters. The van der Waals surface area contributed by atoms with Crippen LogP contribution in [-0.4, -0.2) is 39.7 Å². The lowest BCUT2D eigenvalue weighted by Crippen LogP contribution is -2.50. The summed E-state index contributed by atoms with van der Waals surface area (Å²) in [4.78, 5) is 11.4. The highest BCUT2D eigenvalue weighted by molar-refractivity contribution is 6.60. The van der Waals surface area contributed by atoms with Gasteiger partial charge in [-0.15, -0.1) is 0 Å². The van der Waals surface area contributed by atoms with Crippen LogP contribution in [0.1, 0.15) is 67.7 Å². The van der Waals surface area contributed by atoms with Gasteiger partial charge in [0.15, 0.2) is 0 Å². The summed E-state index contributed by atoms with van der Waals surface area (Å²) >= 11 is 0. The van der Waals surface area contributed by atoms with E-state index in [9.17, 15) is 4.79 Å². The number of rotatable bonds is 12. The van der Waals surface area contributed by atoms with Crippen molar-refractivity contribution in [2.75, 3.05) is 6.61 Å². The Balaban J connectivity index is 4.63. The average Bonchev–Trinajstić information content (AvgIpc) is 2.32. The van der Waals surface area contributed by atoms with Crippen LogP contribution >= 0.6 is 0 Å². The van der Waals surface area contributed by atoms with Crippen LogP contribution in [0.2, 0.25) is 6.04 Å². The van der Waals surface area contributed by atoms with E-state index in [-0.39, 0.29) is 24.3 Å². The van der Waals surface area contributed by atoms with Gasteiger partial charge in [-0.3, -0.25) is 4.79 Å². The third-order valence-corrected chi connectivity index (χ3v) is 6.05. The Labute approximate surface area is 137 Å². The van der Waals surface area contributed by atoms with E-state index in [2.05, 4.69) is 0 Å². The van der Waals surface area contributed by atoms with Gasteiger partial charge in [0, 0.05) is 30.8 Å². The summed E-state index contributed by atoms with van der Waals surface area (Å²) in [6.45, 7) is 14.2. The van der Waals surface area contributed by atoms with Gasteiger partial charge in [-0.25, -0.2) is 0 Å². The van der Waals surface area contributed by atoms with Gasteiger partial charge in [-0.1, -0.05) is 6.92 Å². The molecule has 0 rings (SSSR count). The zero-order valence-electron chi connectivity index (χ0n) is 15.3. The molecule has 5 nitrogen and oxygen atoms in total. The fourth-order valence-corrected chi connectivity index (χ4v) is 5.34. The number of ether oxygens (including phenoxy) is 1. The monoisotopic (exact) mass is 334 g/mol. The molecule has 0 aromatic heterocycles. The Kier molecular flexibility index (Phi) is 10.9. The van der Waals surface area contributed by atoms with Crippen molar-refractivity contribution in [1.82, 2.24) is 0 Å². The lowest BCUT2D eigenvalue weighted by molar-refractivity contribution is -0.143. The summed E-state index contributed by atoms with van der Waals surface area (Å²) in [6.07, 6.45) is 2.07. The van der Waals surface area contributed by atoms with Crippen molar-refractivity contribution < 1.29 is 22.8 Å². The van der Waals surface area contributed by atoms with Gasteiger partial charge < -0.3 is 18.0 Å². The first-order valence-electron chi connectivity index (χ1n) is 8.39. The Bertz CT molecular complexity index is 278. The largest absolute Gasteiger partial charge is 0.501 e. The van der Waals surface area contributed by atoms with Crippen molar-refractivity contribution in [3.63, 3.8) is 0 Å². The van der Waals surface area contributed by atoms with E-state index in [1.807, 2.05) is 48.5 Å². The van der Waals surface area contributed by atoms with Gasteiger partial charge in [0.2, 0.25) is 0 Å². The lowest BCUT2D eigenvalue weighted by Gasteiger charge is -2.34. The second kappa shape index (κ2) is 11.2. The number of hydrogen-bond donors (Lipinski definition) is 0. The standard InChI is InChI=1S/C16H34O5Si/c1-8-10-16(17)18-11-9-12-22(19-13(2)3,20-14(4)5)21-15(6)7/h13-15H,8-12H2,1-7H3. The molecule has 0 radical (unpaired) electrons. The molecule has 0 bridgehead atoms. The molecule has 0 saturated carbocycles. The molecule has 6 heteroatoms. The third-order valence-electron chi connectivity index (χ3n) is 2.59. The predicted octanol–water partition coefficient (Wildman–Crippen LogP) is 3.93. The molecule has 0 aliphatic heterocycles. The second-order valence-electron chi connectivity index (χ2n) is 6.26. The summed E-state index contributed by atoms with van der Waals surface area (Å²) in [5.41, 5.74) is 0. The molecule has 0 aromatic carbocycles. The van der Waals surface area contributed by atoms with Crippen LogP contribution in [0.4, 0.5) is 0 Å². The molecule has 132 valence electrons. The Morgan fingerprint density at radius 2 is 1.36 bits per heavy atom. The van der Waals surface area contributed by atoms with E-state index in [1.54, 1.807) is 0 Å². The normalized spacial score (nSPS) is 12.5. The fourth-order valence-electron chi connectivity index (χ4n) is 2.09. The topological polar surface area (TPSA) is 54.0 Å². The summed E-state index contributed by atoms with van der Waals surface area (Å²) in [6, 6.07) is 0.654. The maximum absolute atomic E-state index is 11.4. The maximum Gasteiger partial charge on any atom is 0.501 e. The molecule has 0 atom stereocenters. The van der Waals surface area contributed by atoms with Crippen LogP contribution in [0.15, 0.2) is 0 Å². The lowest BCUT2D eigenvalue weighted by atomic mass is 10.3. The Hall–Kier alpha value is -0.433. The third kappa shape index (κ3) is 10.3. The first-order valence-corrected chi connectivity index (χ1v) is 10.3. The molecule has 0 aromatic rings. The quantitative estimate of drug-likeness (QED) is 0.307. The van der Waals surface area contributed by atoms with E-state index in [0.717, 1.165) is 6.42 Å². The van der Waals surface area contributed by atoms with Crippen molar-refractivity contribution >= 4 is 14.8 Å². The van der Waals surface area contributed by atoms with Crippen LogP contribution in [0, 0.1) is 0 Å². The minimum atomic E-state index is -2.77. The van der Waals surface area contributed by atoms with Crippen molar-refractivity contribution in [3.8, 4) is 0 Å². The molecular weight excluding hydrogens is 300 g/mol. The van der Waals surface area contributed by atoms with Gasteiger partial charge in [-0.05, 0) is 54.4 Å². The summed E-state index contributed by atoms with van der Waals surface area (Å²) in [5.74, 6) is -0.144. The fraction of sp³-hybridized carbons (Fsp3) is 0.938. The van der Waals surface area contributed by atoms with Gasteiger partial charge in [0.1, 0.15) is 0 Å². The van der Waals surface area contributed by atoms with Crippen LogP contribution in [0.5, 0.6) is 0 Å². The van der Waals surface area contributed by atoms with Crippen molar-refractivity contribution in [2.45, 2.75) is 92.1 Å². The van der Waals surface area contributed by atoms with E-state index >= 15 is 0 Å². The highest BCUT2D eigenvalue weighted by Gasteiger charge is 2.43. The zero-order valence-corrected chi connectivity index (χ0v) is 16.3. The van der Waals surface area contributed by atoms with Gasteiger partial charge in [-0.2, -0.15) is 0 Å². The molecule has 0 aliphatic rings. The van der Waals surface area contributed by atoms with Crippen molar-refractivity contribution in [3.05, 3.63) is 0 Å². The molecule has 0 saturated heterocycles. The second-order valence-corrected chi connectivity index (χ2v) is 8.83. The summed E-state index contributed by atoms with van der Waals surface area (Å²) in [7, 11) is -2.77. The van der Waals surface area contributed by atoms with Gasteiger partial charge in [0.05, 0.1) is 6.61 Å². The molecule has 22 heavy (non-hydrogen) atoms. The van der Waals surface area contributed by atoms with Crippen LogP contribution in [0.3, 0.4) is 0 Å². The zero-order chi connectivity index (χ0) is 17.2. The molecule has 0 heterocycles. The molecule has 0 N–H and O–H groups in total.